The third-order valence-electron chi connectivity index (χ3n) is 5.94. The molecule has 0 atom stereocenters. The van der Waals surface area contributed by atoms with Crippen LogP contribution in [0.3, 0.4) is 0 Å². The number of rotatable bonds is 6. The Balaban J connectivity index is 1.55. The third kappa shape index (κ3) is 5.57. The van der Waals surface area contributed by atoms with E-state index in [0.29, 0.717) is 31.0 Å². The molecule has 1 amide bonds. The molecule has 0 radical (unpaired) electrons. The summed E-state index contributed by atoms with van der Waals surface area (Å²) < 4.78 is 33.9. The minimum absolute atomic E-state index is 0.0431. The quantitative estimate of drug-likeness (QED) is 0.532. The Morgan fingerprint density at radius 1 is 1.19 bits per heavy atom. The Morgan fingerprint density at radius 3 is 2.64 bits per heavy atom. The molecular weight excluding hydrogens is 492 g/mol. The van der Waals surface area contributed by atoms with Crippen LogP contribution in [0.15, 0.2) is 41.2 Å². The smallest absolute Gasteiger partial charge is 0.280 e. The highest BCUT2D eigenvalue weighted by Crippen LogP contribution is 2.26. The lowest BCUT2D eigenvalue weighted by atomic mass is 9.97. The van der Waals surface area contributed by atoms with Gasteiger partial charge in [0.25, 0.3) is 5.56 Å². The van der Waals surface area contributed by atoms with Gasteiger partial charge >= 0.3 is 0 Å². The molecule has 0 aliphatic carbocycles. The monoisotopic (exact) mass is 517 g/mol. The Labute approximate surface area is 211 Å². The van der Waals surface area contributed by atoms with Gasteiger partial charge in [0.2, 0.25) is 11.8 Å². The number of amides is 1. The van der Waals surface area contributed by atoms with Crippen LogP contribution in [0.4, 0.5) is 8.78 Å². The Hall–Kier alpha value is -3.30. The van der Waals surface area contributed by atoms with Crippen LogP contribution in [-0.4, -0.2) is 37.6 Å². The summed E-state index contributed by atoms with van der Waals surface area (Å²) >= 11 is 6.26. The van der Waals surface area contributed by atoms with E-state index in [2.05, 4.69) is 4.98 Å². The number of hydrogen-bond acceptors (Lipinski definition) is 5. The van der Waals surface area contributed by atoms with Crippen molar-refractivity contribution < 1.29 is 23.4 Å². The normalized spacial score (nSPS) is 13.5. The summed E-state index contributed by atoms with van der Waals surface area (Å²) in [7, 11) is 0. The van der Waals surface area contributed by atoms with Crippen molar-refractivity contribution in [2.75, 3.05) is 6.54 Å². The van der Waals surface area contributed by atoms with Crippen LogP contribution in [0.1, 0.15) is 42.8 Å². The number of carbonyl (C=O) groups excluding carboxylic acids is 1. The highest BCUT2D eigenvalue weighted by Gasteiger charge is 2.26. The molecule has 0 saturated carbocycles. The second-order valence-electron chi connectivity index (χ2n) is 9.45. The Morgan fingerprint density at radius 2 is 1.94 bits per heavy atom. The molecule has 4 rings (SSSR count). The van der Waals surface area contributed by atoms with Crippen molar-refractivity contribution in [3.63, 3.8) is 0 Å². The maximum atomic E-state index is 13.9. The van der Waals surface area contributed by atoms with E-state index in [1.165, 1.54) is 10.6 Å². The summed E-state index contributed by atoms with van der Waals surface area (Å²) in [4.78, 5) is 31.6. The fourth-order valence-electron chi connectivity index (χ4n) is 4.14. The highest BCUT2D eigenvalue weighted by molar-refractivity contribution is 6.31. The Kier molecular flexibility index (Phi) is 7.15. The molecule has 2 aromatic carbocycles. The van der Waals surface area contributed by atoms with Crippen LogP contribution in [0, 0.1) is 18.6 Å². The first-order valence-corrected chi connectivity index (χ1v) is 11.8. The molecule has 1 N–H and O–H groups in total. The van der Waals surface area contributed by atoms with Gasteiger partial charge in [-0.2, -0.15) is 4.98 Å². The van der Waals surface area contributed by atoms with Crippen LogP contribution in [0.5, 0.6) is 5.88 Å². The largest absolute Gasteiger partial charge is 0.471 e. The third-order valence-corrected chi connectivity index (χ3v) is 6.27. The first kappa shape index (κ1) is 25.8. The molecule has 3 aromatic rings. The van der Waals surface area contributed by atoms with E-state index in [1.807, 2.05) is 12.1 Å². The van der Waals surface area contributed by atoms with Gasteiger partial charge in [0, 0.05) is 24.7 Å². The minimum Gasteiger partial charge on any atom is -0.471 e. The van der Waals surface area contributed by atoms with E-state index in [4.69, 9.17) is 16.3 Å². The van der Waals surface area contributed by atoms with Gasteiger partial charge in [-0.15, -0.1) is 0 Å². The van der Waals surface area contributed by atoms with Crippen molar-refractivity contribution in [2.24, 2.45) is 0 Å². The number of halogens is 3. The SMILES string of the molecule is Cc1nc(OCc2ccc(F)cc2F)c(Cl)c(=O)n1-c1ccc2c(c1)CCN(C(=O)CC(C)(C)O)C2. The van der Waals surface area contributed by atoms with Gasteiger partial charge in [-0.3, -0.25) is 14.2 Å². The molecule has 2 heterocycles. The molecule has 0 fully saturated rings. The average Bonchev–Trinajstić information content (AvgIpc) is 2.80. The minimum atomic E-state index is -1.07. The lowest BCUT2D eigenvalue weighted by Gasteiger charge is -2.31. The van der Waals surface area contributed by atoms with Crippen LogP contribution >= 0.6 is 11.6 Å². The van der Waals surface area contributed by atoms with Gasteiger partial charge < -0.3 is 14.7 Å². The molecule has 1 aromatic heterocycles. The van der Waals surface area contributed by atoms with E-state index in [1.54, 1.807) is 31.7 Å². The molecule has 0 bridgehead atoms. The first-order valence-electron chi connectivity index (χ1n) is 11.4. The van der Waals surface area contributed by atoms with Crippen LogP contribution in [-0.2, 0) is 24.4 Å². The molecule has 0 spiro atoms. The lowest BCUT2D eigenvalue weighted by Crippen LogP contribution is -2.39. The van der Waals surface area contributed by atoms with Crippen molar-refractivity contribution in [1.82, 2.24) is 14.5 Å². The van der Waals surface area contributed by atoms with Crippen molar-refractivity contribution in [1.29, 1.82) is 0 Å². The number of aromatic nitrogens is 2. The van der Waals surface area contributed by atoms with Crippen molar-refractivity contribution in [2.45, 2.75) is 52.4 Å². The summed E-state index contributed by atoms with van der Waals surface area (Å²) in [6.07, 6.45) is 0.640. The van der Waals surface area contributed by atoms with E-state index in [9.17, 15) is 23.5 Å². The fourth-order valence-corrected chi connectivity index (χ4v) is 4.32. The van der Waals surface area contributed by atoms with E-state index in [0.717, 1.165) is 23.3 Å². The molecule has 10 heteroatoms. The average molecular weight is 518 g/mol. The second kappa shape index (κ2) is 9.99. The highest BCUT2D eigenvalue weighted by atomic mass is 35.5. The molecular formula is C26H26ClF2N3O4. The summed E-state index contributed by atoms with van der Waals surface area (Å²) in [5.74, 6) is -1.42. The van der Waals surface area contributed by atoms with Crippen LogP contribution < -0.4 is 10.3 Å². The van der Waals surface area contributed by atoms with Crippen LogP contribution in [0.25, 0.3) is 5.69 Å². The molecule has 0 unspecified atom stereocenters. The summed E-state index contributed by atoms with van der Waals surface area (Å²) in [6, 6.07) is 8.58. The molecule has 190 valence electrons. The van der Waals surface area contributed by atoms with Crippen LogP contribution in [0.2, 0.25) is 5.02 Å². The van der Waals surface area contributed by atoms with E-state index < -0.39 is 22.8 Å². The van der Waals surface area contributed by atoms with Gasteiger partial charge in [0.1, 0.15) is 24.1 Å². The number of fused-ring (bicyclic) bond motifs is 1. The standard InChI is InChI=1S/C26H26ClF2N3O4/c1-15-30-24(36-14-18-4-6-19(28)11-21(18)29)23(27)25(34)32(15)20-7-5-17-13-31(9-8-16(17)10-20)22(33)12-26(2,3)35/h4-7,10-11,35H,8-9,12-14H2,1-3H3. The summed E-state index contributed by atoms with van der Waals surface area (Å²) in [6.45, 7) is 5.48. The maximum Gasteiger partial charge on any atom is 0.280 e. The predicted octanol–water partition coefficient (Wildman–Crippen LogP) is 4.10. The predicted molar refractivity (Wildman–Crippen MR) is 130 cm³/mol. The molecule has 7 nitrogen and oxygen atoms in total. The van der Waals surface area contributed by atoms with Crippen molar-refractivity contribution >= 4 is 17.5 Å². The molecule has 1 aliphatic heterocycles. The number of hydrogen-bond donors (Lipinski definition) is 1. The van der Waals surface area contributed by atoms with Crippen molar-refractivity contribution in [3.05, 3.63) is 85.9 Å². The van der Waals surface area contributed by atoms with E-state index in [-0.39, 0.29) is 35.4 Å². The van der Waals surface area contributed by atoms with Gasteiger partial charge in [-0.25, -0.2) is 8.78 Å². The number of ether oxygens (including phenoxy) is 1. The molecule has 0 saturated heterocycles. The maximum absolute atomic E-state index is 13.9. The summed E-state index contributed by atoms with van der Waals surface area (Å²) in [5.41, 5.74) is 1.000. The number of aliphatic hydroxyl groups is 1. The Bertz CT molecular complexity index is 1380. The van der Waals surface area contributed by atoms with Gasteiger partial charge in [-0.1, -0.05) is 17.7 Å². The second-order valence-corrected chi connectivity index (χ2v) is 9.83. The zero-order valence-electron chi connectivity index (χ0n) is 20.1. The number of aryl methyl sites for hydroxylation is 1. The zero-order chi connectivity index (χ0) is 26.2. The number of carbonyl (C=O) groups is 1. The molecule has 1 aliphatic rings. The summed E-state index contributed by atoms with van der Waals surface area (Å²) in [5, 5.41) is 9.69. The topological polar surface area (TPSA) is 84.7 Å². The fraction of sp³-hybridized carbons (Fsp3) is 0.346. The van der Waals surface area contributed by atoms with E-state index >= 15 is 0 Å². The lowest BCUT2D eigenvalue weighted by molar-refractivity contribution is -0.136. The zero-order valence-corrected chi connectivity index (χ0v) is 20.9. The first-order chi connectivity index (χ1) is 16.9. The number of nitrogens with zero attached hydrogens (tertiary/aromatic N) is 3. The van der Waals surface area contributed by atoms with Crippen molar-refractivity contribution in [3.8, 4) is 11.6 Å². The van der Waals surface area contributed by atoms with Gasteiger partial charge in [0.15, 0.2) is 5.02 Å². The van der Waals surface area contributed by atoms with Gasteiger partial charge in [-0.05, 0) is 62.6 Å². The molecule has 36 heavy (non-hydrogen) atoms. The van der Waals surface area contributed by atoms with Gasteiger partial charge in [0.05, 0.1) is 17.7 Å². The number of benzene rings is 2.